The standard InChI is InChI=1S/C47H73NO17/c1-27-17-15-13-11-9-7-5-6-8-10-12-14-16-18-34(64-46-44(58)41(48)43(57)30(4)63-46)24-38-40(45(59)60)37(54)26-47(61,65-38)25-33(51)22-36(53)35(52)20-19-31(49)21-32(50)23-39(55)62-29(3)28(2)42(27)56/h5-18,27-38,40-44,46,49-54,56-58,61H,19-26,48H2,1-4H3,(H,59,60)/b6-5+,9-7+,10-8+,13-11+,14-12+,17-15+,18-16?/t27-,28-,29-,30+,31+,32+,33-,34-,35+,36+,37-,38-,40+,41-,42+,43+,44-,46-,47?/m0/s1. The molecule has 2 saturated heterocycles. The third-order valence-electron chi connectivity index (χ3n) is 12.0. The highest BCUT2D eigenvalue weighted by Crippen LogP contribution is 2.38. The van der Waals surface area contributed by atoms with Gasteiger partial charge in [0.25, 0.3) is 0 Å². The minimum absolute atomic E-state index is 0.107. The van der Waals surface area contributed by atoms with Crippen molar-refractivity contribution >= 4 is 11.9 Å². The summed E-state index contributed by atoms with van der Waals surface area (Å²) in [6, 6.07) is -1.15. The van der Waals surface area contributed by atoms with Gasteiger partial charge in [0.05, 0.1) is 79.6 Å². The summed E-state index contributed by atoms with van der Waals surface area (Å²) in [5.41, 5.74) is 6.02. The summed E-state index contributed by atoms with van der Waals surface area (Å²) in [6.07, 6.45) is 3.46. The SMILES string of the molecule is C[C@@H]1[C@H](O)[C@@H](C)/C=C/C=C/C=C/C=C/C=C/C=C/C=C[C@H](O[C@@H]2O[C@H](C)[C@@H](O)[C@H](N)[C@@H]2O)C[C@@H]2OC(O)(C[C@@H](O)C[C@@H](O)[C@H](O)CC[C@@H](O)C[C@@H](O)CC(=O)O[C@H]1C)C[C@H](O)[C@H]2C(=O)O. The van der Waals surface area contributed by atoms with E-state index in [9.17, 15) is 65.8 Å². The number of aliphatic hydroxyl groups is 10. The monoisotopic (exact) mass is 923 g/mol. The first-order valence-corrected chi connectivity index (χ1v) is 22.3. The third kappa shape index (κ3) is 18.6. The number of esters is 1. The molecule has 0 aromatic heterocycles. The molecule has 13 N–H and O–H groups in total. The summed E-state index contributed by atoms with van der Waals surface area (Å²) in [5.74, 6) is -6.83. The maximum Gasteiger partial charge on any atom is 0.311 e. The lowest BCUT2D eigenvalue weighted by molar-refractivity contribution is -0.308. The Balaban J connectivity index is 1.86. The van der Waals surface area contributed by atoms with Crippen molar-refractivity contribution < 1.29 is 84.7 Å². The molecule has 0 amide bonds. The average molecular weight is 924 g/mol. The van der Waals surface area contributed by atoms with E-state index in [-0.39, 0.29) is 31.6 Å². The van der Waals surface area contributed by atoms with Gasteiger partial charge in [0.2, 0.25) is 0 Å². The Hall–Kier alpha value is -3.44. The van der Waals surface area contributed by atoms with E-state index in [1.807, 2.05) is 19.1 Å². The zero-order chi connectivity index (χ0) is 48.4. The second-order valence-corrected chi connectivity index (χ2v) is 17.6. The number of rotatable bonds is 3. The minimum Gasteiger partial charge on any atom is -0.481 e. The van der Waals surface area contributed by atoms with Crippen LogP contribution in [0.15, 0.2) is 85.1 Å². The number of carboxylic acids is 1. The number of hydrogen-bond donors (Lipinski definition) is 12. The Morgan fingerprint density at radius 1 is 0.662 bits per heavy atom. The van der Waals surface area contributed by atoms with Gasteiger partial charge in [0.15, 0.2) is 12.1 Å². The highest BCUT2D eigenvalue weighted by Gasteiger charge is 2.51. The molecule has 0 saturated carbocycles. The smallest absolute Gasteiger partial charge is 0.311 e. The summed E-state index contributed by atoms with van der Waals surface area (Å²) in [7, 11) is 0. The first kappa shape index (κ1) is 55.9. The van der Waals surface area contributed by atoms with Gasteiger partial charge in [-0.05, 0) is 33.1 Å². The van der Waals surface area contributed by atoms with Gasteiger partial charge in [0, 0.05) is 37.5 Å². The Kier molecular flexibility index (Phi) is 23.6. The van der Waals surface area contributed by atoms with Gasteiger partial charge in [-0.25, -0.2) is 0 Å². The molecular weight excluding hydrogens is 851 g/mol. The van der Waals surface area contributed by atoms with Crippen LogP contribution in [-0.2, 0) is 28.5 Å². The number of carbonyl (C=O) groups excluding carboxylic acids is 1. The Morgan fingerprint density at radius 2 is 1.23 bits per heavy atom. The Labute approximate surface area is 381 Å². The molecule has 3 aliphatic heterocycles. The third-order valence-corrected chi connectivity index (χ3v) is 12.0. The van der Waals surface area contributed by atoms with Crippen molar-refractivity contribution in [1.82, 2.24) is 0 Å². The van der Waals surface area contributed by atoms with E-state index in [4.69, 9.17) is 24.7 Å². The molecule has 0 aromatic rings. The van der Waals surface area contributed by atoms with E-state index >= 15 is 0 Å². The number of ether oxygens (including phenoxy) is 4. The molecule has 19 atom stereocenters. The average Bonchev–Trinajstić information content (AvgIpc) is 3.21. The van der Waals surface area contributed by atoms with Gasteiger partial charge < -0.3 is 80.9 Å². The number of cyclic esters (lactones) is 1. The van der Waals surface area contributed by atoms with Crippen LogP contribution >= 0.6 is 0 Å². The zero-order valence-electron chi connectivity index (χ0n) is 37.6. The van der Waals surface area contributed by atoms with Crippen LogP contribution in [0.4, 0.5) is 0 Å². The van der Waals surface area contributed by atoms with Crippen LogP contribution in [0.25, 0.3) is 0 Å². The second kappa shape index (κ2) is 27.4. The van der Waals surface area contributed by atoms with Gasteiger partial charge in [-0.15, -0.1) is 0 Å². The molecule has 65 heavy (non-hydrogen) atoms. The van der Waals surface area contributed by atoms with Crippen molar-refractivity contribution in [3.05, 3.63) is 85.1 Å². The fraction of sp³-hybridized carbons (Fsp3) is 0.660. The highest BCUT2D eigenvalue weighted by molar-refractivity contribution is 5.71. The van der Waals surface area contributed by atoms with Gasteiger partial charge >= 0.3 is 11.9 Å². The molecule has 3 heterocycles. The van der Waals surface area contributed by atoms with E-state index < -0.39 is 147 Å². The van der Waals surface area contributed by atoms with Gasteiger partial charge in [-0.2, -0.15) is 0 Å². The number of aliphatic carboxylic acids is 1. The van der Waals surface area contributed by atoms with Crippen molar-refractivity contribution in [2.75, 3.05) is 0 Å². The van der Waals surface area contributed by atoms with E-state index in [0.29, 0.717) is 0 Å². The maximum atomic E-state index is 12.6. The minimum atomic E-state index is -2.33. The molecule has 0 aliphatic carbocycles. The van der Waals surface area contributed by atoms with Gasteiger partial charge in [-0.1, -0.05) is 98.9 Å². The maximum absolute atomic E-state index is 12.6. The summed E-state index contributed by atoms with van der Waals surface area (Å²) in [6.45, 7) is 6.74. The fourth-order valence-corrected chi connectivity index (χ4v) is 7.97. The van der Waals surface area contributed by atoms with E-state index in [1.54, 1.807) is 80.7 Å². The number of allylic oxidation sites excluding steroid dienone is 12. The highest BCUT2D eigenvalue weighted by atomic mass is 16.7. The normalized spacial score (nSPS) is 45.0. The summed E-state index contributed by atoms with van der Waals surface area (Å²) < 4.78 is 23.1. The van der Waals surface area contributed by atoms with Crippen molar-refractivity contribution in [3.63, 3.8) is 0 Å². The molecular formula is C47H73NO17. The lowest BCUT2D eigenvalue weighted by Gasteiger charge is -2.45. The molecule has 2 fully saturated rings. The van der Waals surface area contributed by atoms with Crippen LogP contribution in [0, 0.1) is 17.8 Å². The number of nitrogens with two attached hydrogens (primary N) is 1. The van der Waals surface area contributed by atoms with Crippen LogP contribution < -0.4 is 5.73 Å². The first-order chi connectivity index (χ1) is 30.6. The summed E-state index contributed by atoms with van der Waals surface area (Å²) in [4.78, 5) is 25.1. The van der Waals surface area contributed by atoms with E-state index in [1.165, 1.54) is 13.0 Å². The van der Waals surface area contributed by atoms with Crippen LogP contribution in [-0.4, -0.2) is 166 Å². The van der Waals surface area contributed by atoms with Crippen molar-refractivity contribution in [1.29, 1.82) is 0 Å². The second-order valence-electron chi connectivity index (χ2n) is 17.6. The predicted octanol–water partition coefficient (Wildman–Crippen LogP) is 0.712. The summed E-state index contributed by atoms with van der Waals surface area (Å²) >= 11 is 0. The van der Waals surface area contributed by atoms with Crippen LogP contribution in [0.5, 0.6) is 0 Å². The van der Waals surface area contributed by atoms with Crippen molar-refractivity contribution in [3.8, 4) is 0 Å². The number of fused-ring (bicyclic) bond motifs is 2. The number of carboxylic acid groups (broad SMARTS) is 1. The van der Waals surface area contributed by atoms with E-state index in [2.05, 4.69) is 0 Å². The zero-order valence-corrected chi connectivity index (χ0v) is 37.6. The summed E-state index contributed by atoms with van der Waals surface area (Å²) in [5, 5.41) is 118. The Bertz CT molecular complexity index is 1670. The predicted molar refractivity (Wildman–Crippen MR) is 237 cm³/mol. The fourth-order valence-electron chi connectivity index (χ4n) is 7.97. The van der Waals surface area contributed by atoms with Gasteiger partial charge in [0.1, 0.15) is 18.1 Å². The van der Waals surface area contributed by atoms with Crippen molar-refractivity contribution in [2.24, 2.45) is 23.5 Å². The number of hydrogen-bond acceptors (Lipinski definition) is 17. The number of carbonyl (C=O) groups is 2. The van der Waals surface area contributed by atoms with Gasteiger partial charge in [-0.3, -0.25) is 9.59 Å². The molecule has 3 rings (SSSR count). The topological polar surface area (TPSA) is 320 Å². The molecule has 0 spiro atoms. The lowest BCUT2D eigenvalue weighted by Crippen LogP contribution is -2.61. The molecule has 3 aliphatic rings. The largest absolute Gasteiger partial charge is 0.481 e. The molecule has 0 aromatic carbocycles. The first-order valence-electron chi connectivity index (χ1n) is 22.3. The Morgan fingerprint density at radius 3 is 1.82 bits per heavy atom. The molecule has 368 valence electrons. The quantitative estimate of drug-likeness (QED) is 0.174. The van der Waals surface area contributed by atoms with Crippen LogP contribution in [0.2, 0.25) is 0 Å². The molecule has 18 nitrogen and oxygen atoms in total. The molecule has 0 radical (unpaired) electrons. The molecule has 18 heteroatoms. The number of aliphatic hydroxyl groups excluding tert-OH is 9. The van der Waals surface area contributed by atoms with Crippen LogP contribution in [0.3, 0.4) is 0 Å². The van der Waals surface area contributed by atoms with Crippen molar-refractivity contribution in [2.45, 2.75) is 177 Å². The molecule has 2 bridgehead atoms. The molecule has 1 unspecified atom stereocenters. The van der Waals surface area contributed by atoms with Crippen LogP contribution in [0.1, 0.15) is 79.1 Å². The van der Waals surface area contributed by atoms with E-state index in [0.717, 1.165) is 0 Å². The lowest BCUT2D eigenvalue weighted by atomic mass is 9.82.